The molecule has 0 spiro atoms. The Labute approximate surface area is 149 Å². The van der Waals surface area contributed by atoms with E-state index in [0.29, 0.717) is 41.9 Å². The van der Waals surface area contributed by atoms with Crippen molar-refractivity contribution in [3.8, 4) is 11.5 Å². The van der Waals surface area contributed by atoms with Crippen molar-refractivity contribution in [3.63, 3.8) is 0 Å². The maximum atomic E-state index is 12.3. The van der Waals surface area contributed by atoms with Gasteiger partial charge in [-0.3, -0.25) is 4.79 Å². The number of nitrogens with one attached hydrogen (secondary N) is 1. The Balaban J connectivity index is 1.55. The fraction of sp³-hybridized carbons (Fsp3) is 0.438. The van der Waals surface area contributed by atoms with Gasteiger partial charge in [0.1, 0.15) is 13.2 Å². The third-order valence-electron chi connectivity index (χ3n) is 3.26. The number of hydrogen-bond acceptors (Lipinski definition) is 8. The third-order valence-corrected chi connectivity index (χ3v) is 5.27. The normalized spacial score (nSPS) is 13.1. The van der Waals surface area contributed by atoms with Gasteiger partial charge in [0.2, 0.25) is 5.13 Å². The monoisotopic (exact) mass is 365 g/mol. The molecular weight excluding hydrogens is 346 g/mol. The van der Waals surface area contributed by atoms with Gasteiger partial charge in [0.25, 0.3) is 0 Å². The fourth-order valence-corrected chi connectivity index (χ4v) is 3.71. The zero-order valence-corrected chi connectivity index (χ0v) is 15.2. The number of rotatable bonds is 7. The first-order valence-corrected chi connectivity index (χ1v) is 9.55. The number of Topliss-reactive ketones (excluding diaryl/α,β-unsaturated/α-hetero) is 1. The second kappa shape index (κ2) is 7.85. The molecule has 0 bridgehead atoms. The smallest absolute Gasteiger partial charge is 0.206 e. The van der Waals surface area contributed by atoms with Crippen LogP contribution in [0.25, 0.3) is 0 Å². The van der Waals surface area contributed by atoms with Crippen LogP contribution in [0.3, 0.4) is 0 Å². The number of hydrogen-bond donors (Lipinski definition) is 1. The molecular formula is C16H19N3O3S2. The van der Waals surface area contributed by atoms with E-state index in [9.17, 15) is 4.79 Å². The Morgan fingerprint density at radius 2 is 2.08 bits per heavy atom. The molecule has 2 aromatic rings. The Bertz CT molecular complexity index is 718. The number of benzene rings is 1. The minimum absolute atomic E-state index is 0.0314. The number of aromatic nitrogens is 2. The molecule has 128 valence electrons. The van der Waals surface area contributed by atoms with Gasteiger partial charge in [-0.25, -0.2) is 0 Å². The largest absolute Gasteiger partial charge is 0.486 e. The summed E-state index contributed by atoms with van der Waals surface area (Å²) < 4.78 is 11.8. The predicted molar refractivity (Wildman–Crippen MR) is 95.7 cm³/mol. The van der Waals surface area contributed by atoms with Gasteiger partial charge in [0.15, 0.2) is 21.6 Å². The summed E-state index contributed by atoms with van der Waals surface area (Å²) in [5.74, 6) is 2.22. The summed E-state index contributed by atoms with van der Waals surface area (Å²) in [6.45, 7) is 6.18. The highest BCUT2D eigenvalue weighted by molar-refractivity contribution is 8.01. The van der Waals surface area contributed by atoms with Gasteiger partial charge >= 0.3 is 0 Å². The van der Waals surface area contributed by atoms with Crippen molar-refractivity contribution in [1.82, 2.24) is 10.2 Å². The zero-order valence-electron chi connectivity index (χ0n) is 13.6. The van der Waals surface area contributed by atoms with Gasteiger partial charge in [-0.15, -0.1) is 10.2 Å². The topological polar surface area (TPSA) is 73.3 Å². The van der Waals surface area contributed by atoms with Crippen LogP contribution in [0.2, 0.25) is 0 Å². The van der Waals surface area contributed by atoms with E-state index in [-0.39, 0.29) is 5.78 Å². The second-order valence-corrected chi connectivity index (χ2v) is 7.92. The Morgan fingerprint density at radius 1 is 1.29 bits per heavy atom. The second-order valence-electron chi connectivity index (χ2n) is 5.72. The van der Waals surface area contributed by atoms with Crippen LogP contribution in [-0.2, 0) is 0 Å². The average Bonchev–Trinajstić information content (AvgIpc) is 3.05. The number of carbonyl (C=O) groups excluding carboxylic acids is 1. The van der Waals surface area contributed by atoms with E-state index in [1.54, 1.807) is 18.2 Å². The summed E-state index contributed by atoms with van der Waals surface area (Å²) in [6.07, 6.45) is 0. The van der Waals surface area contributed by atoms with Crippen LogP contribution in [0.5, 0.6) is 11.5 Å². The molecule has 1 N–H and O–H groups in total. The first kappa shape index (κ1) is 17.0. The first-order valence-electron chi connectivity index (χ1n) is 7.75. The van der Waals surface area contributed by atoms with Crippen LogP contribution < -0.4 is 14.8 Å². The number of anilines is 1. The highest BCUT2D eigenvalue weighted by Gasteiger charge is 2.16. The molecule has 0 amide bonds. The number of ketones is 1. The molecule has 0 atom stereocenters. The van der Waals surface area contributed by atoms with E-state index in [1.807, 2.05) is 0 Å². The summed E-state index contributed by atoms with van der Waals surface area (Å²) in [5.41, 5.74) is 0.620. The minimum atomic E-state index is 0.0314. The summed E-state index contributed by atoms with van der Waals surface area (Å²) in [7, 11) is 0. The number of carbonyl (C=O) groups is 1. The van der Waals surface area contributed by atoms with Crippen molar-refractivity contribution in [2.75, 3.05) is 30.8 Å². The lowest BCUT2D eigenvalue weighted by Crippen LogP contribution is -2.16. The first-order chi connectivity index (χ1) is 11.6. The molecule has 3 rings (SSSR count). The number of thioether (sulfide) groups is 1. The maximum absolute atomic E-state index is 12.3. The summed E-state index contributed by atoms with van der Waals surface area (Å²) in [5, 5.41) is 12.2. The van der Waals surface area contributed by atoms with Crippen LogP contribution in [0.4, 0.5) is 5.13 Å². The van der Waals surface area contributed by atoms with Gasteiger partial charge in [-0.2, -0.15) is 0 Å². The van der Waals surface area contributed by atoms with Crippen LogP contribution >= 0.6 is 23.1 Å². The van der Waals surface area contributed by atoms with Crippen molar-refractivity contribution in [1.29, 1.82) is 0 Å². The number of fused-ring (bicyclic) bond motifs is 1. The van der Waals surface area contributed by atoms with Gasteiger partial charge in [-0.1, -0.05) is 36.9 Å². The van der Waals surface area contributed by atoms with E-state index in [4.69, 9.17) is 9.47 Å². The molecule has 0 unspecified atom stereocenters. The summed E-state index contributed by atoms with van der Waals surface area (Å²) >= 11 is 2.87. The van der Waals surface area contributed by atoms with E-state index in [1.165, 1.54) is 23.1 Å². The molecule has 0 fully saturated rings. The SMILES string of the molecule is CC(C)CNc1nnc(SCC(=O)c2ccc3c(c2)OCCO3)s1. The van der Waals surface area contributed by atoms with Crippen LogP contribution in [0.15, 0.2) is 22.5 Å². The number of ether oxygens (including phenoxy) is 2. The van der Waals surface area contributed by atoms with Crippen molar-refractivity contribution in [2.24, 2.45) is 5.92 Å². The van der Waals surface area contributed by atoms with E-state index in [0.717, 1.165) is 16.0 Å². The zero-order chi connectivity index (χ0) is 16.9. The predicted octanol–water partition coefficient (Wildman–Crippen LogP) is 3.35. The van der Waals surface area contributed by atoms with Crippen molar-refractivity contribution in [2.45, 2.75) is 18.2 Å². The van der Waals surface area contributed by atoms with Gasteiger partial charge in [-0.05, 0) is 24.1 Å². The quantitative estimate of drug-likeness (QED) is 0.596. The molecule has 1 aromatic heterocycles. The lowest BCUT2D eigenvalue weighted by atomic mass is 10.1. The fourth-order valence-electron chi connectivity index (χ4n) is 2.06. The molecule has 8 heteroatoms. The standard InChI is InChI=1S/C16H19N3O3S2/c1-10(2)8-17-15-18-19-16(24-15)23-9-12(20)11-3-4-13-14(7-11)22-6-5-21-13/h3-4,7,10H,5-6,8-9H2,1-2H3,(H,17,18). The third kappa shape index (κ3) is 4.39. The molecule has 1 aliphatic rings. The Kier molecular flexibility index (Phi) is 5.57. The Morgan fingerprint density at radius 3 is 2.88 bits per heavy atom. The minimum Gasteiger partial charge on any atom is -0.486 e. The molecule has 0 saturated carbocycles. The molecule has 1 aromatic carbocycles. The highest BCUT2D eigenvalue weighted by atomic mass is 32.2. The van der Waals surface area contributed by atoms with Gasteiger partial charge in [0, 0.05) is 12.1 Å². The average molecular weight is 365 g/mol. The van der Waals surface area contributed by atoms with E-state index in [2.05, 4.69) is 29.4 Å². The molecule has 1 aliphatic heterocycles. The van der Waals surface area contributed by atoms with Crippen LogP contribution in [0.1, 0.15) is 24.2 Å². The molecule has 0 saturated heterocycles. The van der Waals surface area contributed by atoms with Crippen LogP contribution in [0, 0.1) is 5.92 Å². The van der Waals surface area contributed by atoms with Crippen LogP contribution in [-0.4, -0.2) is 41.5 Å². The van der Waals surface area contributed by atoms with Crippen molar-refractivity contribution in [3.05, 3.63) is 23.8 Å². The van der Waals surface area contributed by atoms with Crippen molar-refractivity contribution < 1.29 is 14.3 Å². The van der Waals surface area contributed by atoms with E-state index < -0.39 is 0 Å². The van der Waals surface area contributed by atoms with E-state index >= 15 is 0 Å². The summed E-state index contributed by atoms with van der Waals surface area (Å²) in [6, 6.07) is 5.30. The van der Waals surface area contributed by atoms with Gasteiger partial charge < -0.3 is 14.8 Å². The summed E-state index contributed by atoms with van der Waals surface area (Å²) in [4.78, 5) is 12.3. The molecule has 24 heavy (non-hydrogen) atoms. The molecule has 0 radical (unpaired) electrons. The molecule has 2 heterocycles. The molecule has 0 aliphatic carbocycles. The Hall–Kier alpha value is -1.80. The van der Waals surface area contributed by atoms with Crippen molar-refractivity contribution >= 4 is 34.0 Å². The lowest BCUT2D eigenvalue weighted by Gasteiger charge is -2.18. The van der Waals surface area contributed by atoms with Gasteiger partial charge in [0.05, 0.1) is 5.75 Å². The lowest BCUT2D eigenvalue weighted by molar-refractivity contribution is 0.102. The molecule has 6 nitrogen and oxygen atoms in total. The maximum Gasteiger partial charge on any atom is 0.206 e. The number of nitrogens with zero attached hydrogens (tertiary/aromatic N) is 2. The highest BCUT2D eigenvalue weighted by Crippen LogP contribution is 2.32.